The van der Waals surface area contributed by atoms with Gasteiger partial charge in [-0.25, -0.2) is 4.39 Å². The summed E-state index contributed by atoms with van der Waals surface area (Å²) in [6.07, 6.45) is 2.49. The fraction of sp³-hybridized carbons (Fsp3) is 0.462. The van der Waals surface area contributed by atoms with E-state index in [0.29, 0.717) is 17.2 Å². The maximum atomic E-state index is 14.1. The van der Waals surface area contributed by atoms with Gasteiger partial charge < -0.3 is 4.90 Å². The van der Waals surface area contributed by atoms with Crippen molar-refractivity contribution in [2.45, 2.75) is 19.8 Å². The van der Waals surface area contributed by atoms with Gasteiger partial charge in [0.1, 0.15) is 6.07 Å². The summed E-state index contributed by atoms with van der Waals surface area (Å²) in [5, 5.41) is 8.82. The number of hydrogen-bond donors (Lipinski definition) is 0. The number of benzene rings is 1. The van der Waals surface area contributed by atoms with Crippen molar-refractivity contribution in [3.63, 3.8) is 0 Å². The fourth-order valence-electron chi connectivity index (χ4n) is 1.88. The van der Waals surface area contributed by atoms with Crippen molar-refractivity contribution in [2.75, 3.05) is 18.0 Å². The summed E-state index contributed by atoms with van der Waals surface area (Å²) >= 11 is 3.15. The molecule has 0 aromatic heterocycles. The summed E-state index contributed by atoms with van der Waals surface area (Å²) in [5.74, 6) is 0.385. The first kappa shape index (κ1) is 12.4. The minimum absolute atomic E-state index is 0.270. The predicted molar refractivity (Wildman–Crippen MR) is 69.4 cm³/mol. The molecule has 2 nitrogen and oxygen atoms in total. The summed E-state index contributed by atoms with van der Waals surface area (Å²) in [6, 6.07) is 5.33. The Bertz CT molecular complexity index is 463. The van der Waals surface area contributed by atoms with Crippen LogP contribution in [-0.2, 0) is 0 Å². The van der Waals surface area contributed by atoms with Crippen LogP contribution < -0.4 is 4.90 Å². The van der Waals surface area contributed by atoms with Gasteiger partial charge in [-0.15, -0.1) is 0 Å². The van der Waals surface area contributed by atoms with Crippen LogP contribution >= 0.6 is 15.9 Å². The average Bonchev–Trinajstić information content (AvgIpc) is 3.14. The van der Waals surface area contributed by atoms with Crippen molar-refractivity contribution in [3.05, 3.63) is 28.0 Å². The Hall–Kier alpha value is -1.08. The highest BCUT2D eigenvalue weighted by Crippen LogP contribution is 2.34. The van der Waals surface area contributed by atoms with E-state index >= 15 is 0 Å². The molecule has 0 radical (unpaired) electrons. The molecule has 0 bridgehead atoms. The van der Waals surface area contributed by atoms with Crippen LogP contribution in [-0.4, -0.2) is 13.1 Å². The molecule has 1 aromatic carbocycles. The lowest BCUT2D eigenvalue weighted by Crippen LogP contribution is -2.26. The molecule has 90 valence electrons. The zero-order valence-electron chi connectivity index (χ0n) is 9.71. The van der Waals surface area contributed by atoms with Crippen LogP contribution in [0.3, 0.4) is 0 Å². The van der Waals surface area contributed by atoms with Crippen LogP contribution in [0.1, 0.15) is 25.3 Å². The molecule has 4 heteroatoms. The first-order chi connectivity index (χ1) is 8.17. The molecule has 1 aliphatic carbocycles. The maximum absolute atomic E-state index is 14.1. The van der Waals surface area contributed by atoms with Crippen LogP contribution in [0.5, 0.6) is 0 Å². The molecule has 17 heavy (non-hydrogen) atoms. The first-order valence-electron chi connectivity index (χ1n) is 5.80. The van der Waals surface area contributed by atoms with Gasteiger partial charge in [-0.3, -0.25) is 0 Å². The predicted octanol–water partition coefficient (Wildman–Crippen LogP) is 3.70. The van der Waals surface area contributed by atoms with Crippen molar-refractivity contribution in [2.24, 2.45) is 5.92 Å². The Morgan fingerprint density at radius 1 is 1.53 bits per heavy atom. The van der Waals surface area contributed by atoms with E-state index in [1.807, 2.05) is 17.9 Å². The topological polar surface area (TPSA) is 27.0 Å². The highest BCUT2D eigenvalue weighted by molar-refractivity contribution is 9.10. The molecule has 0 heterocycles. The number of anilines is 1. The molecular formula is C13H14BrFN2. The third kappa shape index (κ3) is 2.61. The van der Waals surface area contributed by atoms with E-state index in [4.69, 9.17) is 5.26 Å². The van der Waals surface area contributed by atoms with Gasteiger partial charge >= 0.3 is 0 Å². The van der Waals surface area contributed by atoms with Crippen molar-refractivity contribution >= 4 is 21.6 Å². The van der Waals surface area contributed by atoms with Gasteiger partial charge in [0.05, 0.1) is 15.7 Å². The number of halogens is 2. The van der Waals surface area contributed by atoms with Gasteiger partial charge in [0.2, 0.25) is 0 Å². The average molecular weight is 297 g/mol. The zero-order chi connectivity index (χ0) is 12.4. The lowest BCUT2D eigenvalue weighted by Gasteiger charge is -2.24. The SMILES string of the molecule is CCN(CC1CC1)c1ccc(C#N)c(Br)c1F. The summed E-state index contributed by atoms with van der Waals surface area (Å²) in [6.45, 7) is 3.71. The molecule has 2 rings (SSSR count). The Morgan fingerprint density at radius 2 is 2.24 bits per heavy atom. The molecule has 0 amide bonds. The Kier molecular flexibility index (Phi) is 3.68. The van der Waals surface area contributed by atoms with E-state index in [-0.39, 0.29) is 10.3 Å². The lowest BCUT2D eigenvalue weighted by molar-refractivity contribution is 0.607. The van der Waals surface area contributed by atoms with Crippen molar-refractivity contribution in [1.29, 1.82) is 5.26 Å². The minimum Gasteiger partial charge on any atom is -0.369 e. The van der Waals surface area contributed by atoms with Crippen molar-refractivity contribution < 1.29 is 4.39 Å². The number of hydrogen-bond acceptors (Lipinski definition) is 2. The Morgan fingerprint density at radius 3 is 2.76 bits per heavy atom. The van der Waals surface area contributed by atoms with Crippen molar-refractivity contribution in [1.82, 2.24) is 0 Å². The summed E-state index contributed by atoms with van der Waals surface area (Å²) in [4.78, 5) is 2.04. The van der Waals surface area contributed by atoms with Gasteiger partial charge in [-0.2, -0.15) is 5.26 Å². The monoisotopic (exact) mass is 296 g/mol. The van der Waals surface area contributed by atoms with E-state index in [1.165, 1.54) is 12.8 Å². The van der Waals surface area contributed by atoms with E-state index in [1.54, 1.807) is 12.1 Å². The van der Waals surface area contributed by atoms with Crippen LogP contribution in [0.4, 0.5) is 10.1 Å². The van der Waals surface area contributed by atoms with Crippen LogP contribution in [0.15, 0.2) is 16.6 Å². The van der Waals surface area contributed by atoms with E-state index in [9.17, 15) is 4.39 Å². The normalized spacial score (nSPS) is 14.5. The lowest BCUT2D eigenvalue weighted by atomic mass is 10.2. The van der Waals surface area contributed by atoms with Gasteiger partial charge in [-0.1, -0.05) is 0 Å². The van der Waals surface area contributed by atoms with Gasteiger partial charge in [0, 0.05) is 13.1 Å². The molecule has 0 saturated heterocycles. The Labute approximate surface area is 109 Å². The molecule has 0 atom stereocenters. The molecule has 0 aliphatic heterocycles. The standard InChI is InChI=1S/C13H14BrFN2/c1-2-17(8-9-3-4-9)11-6-5-10(7-16)12(14)13(11)15/h5-6,9H,2-4,8H2,1H3. The third-order valence-electron chi connectivity index (χ3n) is 3.08. The van der Waals surface area contributed by atoms with Crippen LogP contribution in [0.25, 0.3) is 0 Å². The quantitative estimate of drug-likeness (QED) is 0.847. The molecule has 1 fully saturated rings. The zero-order valence-corrected chi connectivity index (χ0v) is 11.3. The summed E-state index contributed by atoms with van der Waals surface area (Å²) in [5.41, 5.74) is 0.930. The van der Waals surface area contributed by atoms with E-state index in [2.05, 4.69) is 15.9 Å². The fourth-order valence-corrected chi connectivity index (χ4v) is 2.30. The number of nitriles is 1. The molecule has 0 N–H and O–H groups in total. The van der Waals surface area contributed by atoms with Gasteiger partial charge in [0.15, 0.2) is 5.82 Å². The highest BCUT2D eigenvalue weighted by atomic mass is 79.9. The molecular weight excluding hydrogens is 283 g/mol. The van der Waals surface area contributed by atoms with Crippen molar-refractivity contribution in [3.8, 4) is 6.07 Å². The van der Waals surface area contributed by atoms with Gasteiger partial charge in [0.25, 0.3) is 0 Å². The third-order valence-corrected chi connectivity index (χ3v) is 3.86. The largest absolute Gasteiger partial charge is 0.369 e. The molecule has 1 aromatic rings. The van der Waals surface area contributed by atoms with E-state index in [0.717, 1.165) is 13.1 Å². The maximum Gasteiger partial charge on any atom is 0.161 e. The van der Waals surface area contributed by atoms with Crippen LogP contribution in [0, 0.1) is 23.1 Å². The smallest absolute Gasteiger partial charge is 0.161 e. The first-order valence-corrected chi connectivity index (χ1v) is 6.59. The summed E-state index contributed by atoms with van der Waals surface area (Å²) in [7, 11) is 0. The highest BCUT2D eigenvalue weighted by Gasteiger charge is 2.25. The number of rotatable bonds is 4. The van der Waals surface area contributed by atoms with E-state index < -0.39 is 0 Å². The molecule has 0 spiro atoms. The molecule has 1 aliphatic rings. The van der Waals surface area contributed by atoms with Crippen LogP contribution in [0.2, 0.25) is 0 Å². The Balaban J connectivity index is 2.30. The minimum atomic E-state index is -0.327. The second-order valence-electron chi connectivity index (χ2n) is 4.35. The van der Waals surface area contributed by atoms with Gasteiger partial charge in [-0.05, 0) is 53.7 Å². The number of nitrogens with zero attached hydrogens (tertiary/aromatic N) is 2. The molecule has 0 unspecified atom stereocenters. The second kappa shape index (κ2) is 5.05. The second-order valence-corrected chi connectivity index (χ2v) is 5.15. The summed E-state index contributed by atoms with van der Waals surface area (Å²) < 4.78 is 14.4. The molecule has 1 saturated carbocycles.